The minimum absolute atomic E-state index is 0.142. The maximum atomic E-state index is 8.77. The van der Waals surface area contributed by atoms with Crippen molar-refractivity contribution >= 4 is 11.1 Å². The van der Waals surface area contributed by atoms with Crippen LogP contribution in [0.3, 0.4) is 0 Å². The molecule has 3 aromatic rings. The Hall–Kier alpha value is -2.68. The molecule has 1 aromatic carbocycles. The molecule has 0 aliphatic rings. The van der Waals surface area contributed by atoms with Crippen molar-refractivity contribution in [3.05, 3.63) is 30.4 Å². The largest absolute Gasteiger partial charge is 0.443 e. The first-order chi connectivity index (χ1) is 8.29. The maximum absolute atomic E-state index is 8.77. The van der Waals surface area contributed by atoms with Gasteiger partial charge >= 0.3 is 0 Å². The van der Waals surface area contributed by atoms with Crippen molar-refractivity contribution in [1.29, 1.82) is 5.26 Å². The number of nitrogens with zero attached hydrogens (tertiary/aromatic N) is 5. The Labute approximate surface area is 96.1 Å². The second kappa shape index (κ2) is 3.42. The van der Waals surface area contributed by atoms with Crippen molar-refractivity contribution < 1.29 is 4.42 Å². The first-order valence-electron chi connectivity index (χ1n) is 4.93. The summed E-state index contributed by atoms with van der Waals surface area (Å²) in [5.74, 6) is 0.740. The summed E-state index contributed by atoms with van der Waals surface area (Å²) >= 11 is 0. The van der Waals surface area contributed by atoms with E-state index in [1.165, 1.54) is 6.39 Å². The average molecular weight is 225 g/mol. The van der Waals surface area contributed by atoms with E-state index >= 15 is 0 Å². The van der Waals surface area contributed by atoms with Gasteiger partial charge < -0.3 is 4.42 Å². The molecule has 0 atom stereocenters. The quantitative estimate of drug-likeness (QED) is 0.626. The number of benzene rings is 1. The number of hydrogen-bond acceptors (Lipinski definition) is 5. The van der Waals surface area contributed by atoms with Gasteiger partial charge in [-0.2, -0.15) is 10.2 Å². The number of para-hydroxylation sites is 1. The number of aryl methyl sites for hydroxylation is 1. The van der Waals surface area contributed by atoms with Crippen molar-refractivity contribution in [3.8, 4) is 17.5 Å². The molecule has 2 heterocycles. The minimum atomic E-state index is 0.142. The van der Waals surface area contributed by atoms with Gasteiger partial charge in [0.05, 0.1) is 0 Å². The Balaban J connectivity index is 2.30. The van der Waals surface area contributed by atoms with Crippen molar-refractivity contribution in [2.45, 2.75) is 0 Å². The van der Waals surface area contributed by atoms with Gasteiger partial charge in [-0.25, -0.2) is 9.67 Å². The summed E-state index contributed by atoms with van der Waals surface area (Å²) in [4.78, 5) is 8.28. The number of nitriles is 1. The van der Waals surface area contributed by atoms with Gasteiger partial charge in [0.15, 0.2) is 17.8 Å². The van der Waals surface area contributed by atoms with E-state index in [-0.39, 0.29) is 5.82 Å². The molecule has 6 nitrogen and oxygen atoms in total. The smallest absolute Gasteiger partial charge is 0.252 e. The van der Waals surface area contributed by atoms with Gasteiger partial charge in [0, 0.05) is 12.6 Å². The lowest BCUT2D eigenvalue weighted by Crippen LogP contribution is -1.95. The number of aromatic nitrogens is 4. The monoisotopic (exact) mass is 225 g/mol. The van der Waals surface area contributed by atoms with E-state index in [1.807, 2.05) is 24.3 Å². The molecule has 17 heavy (non-hydrogen) atoms. The zero-order valence-corrected chi connectivity index (χ0v) is 8.95. The van der Waals surface area contributed by atoms with E-state index in [0.717, 1.165) is 5.56 Å². The van der Waals surface area contributed by atoms with Crippen LogP contribution in [0, 0.1) is 11.3 Å². The lowest BCUT2D eigenvalue weighted by Gasteiger charge is -1.99. The van der Waals surface area contributed by atoms with E-state index < -0.39 is 0 Å². The average Bonchev–Trinajstić information content (AvgIpc) is 2.94. The van der Waals surface area contributed by atoms with Gasteiger partial charge in [0.2, 0.25) is 0 Å². The van der Waals surface area contributed by atoms with Gasteiger partial charge in [-0.1, -0.05) is 6.07 Å². The van der Waals surface area contributed by atoms with Gasteiger partial charge in [0.1, 0.15) is 11.6 Å². The molecular weight excluding hydrogens is 218 g/mol. The molecule has 3 rings (SSSR count). The lowest BCUT2D eigenvalue weighted by atomic mass is 10.2. The van der Waals surface area contributed by atoms with E-state index in [0.29, 0.717) is 16.9 Å². The Kier molecular flexibility index (Phi) is 1.92. The summed E-state index contributed by atoms with van der Waals surface area (Å²) < 4.78 is 6.78. The molecule has 0 unspecified atom stereocenters. The topological polar surface area (TPSA) is 80.5 Å². The highest BCUT2D eigenvalue weighted by atomic mass is 16.3. The van der Waals surface area contributed by atoms with Crippen molar-refractivity contribution in [3.63, 3.8) is 0 Å². The Morgan fingerprint density at radius 3 is 3.06 bits per heavy atom. The Morgan fingerprint density at radius 2 is 2.29 bits per heavy atom. The molecule has 0 fully saturated rings. The molecule has 6 heteroatoms. The standard InChI is InChI=1S/C11H7N5O/c1-16-11(14-9(5-12)15-16)7-3-2-4-8-10(7)13-6-17-8/h2-4,6H,1H3. The Bertz CT molecular complexity index is 734. The molecule has 0 spiro atoms. The molecule has 0 saturated carbocycles. The highest BCUT2D eigenvalue weighted by Gasteiger charge is 2.13. The molecule has 0 amide bonds. The third kappa shape index (κ3) is 1.37. The van der Waals surface area contributed by atoms with Crippen LogP contribution in [0.1, 0.15) is 5.82 Å². The first-order valence-corrected chi connectivity index (χ1v) is 4.93. The summed E-state index contributed by atoms with van der Waals surface area (Å²) in [6.07, 6.45) is 1.38. The van der Waals surface area contributed by atoms with Crippen molar-refractivity contribution in [2.75, 3.05) is 0 Å². The lowest BCUT2D eigenvalue weighted by molar-refractivity contribution is 0.602. The van der Waals surface area contributed by atoms with Gasteiger partial charge in [-0.3, -0.25) is 0 Å². The molecule has 2 aromatic heterocycles. The van der Waals surface area contributed by atoms with Crippen LogP contribution in [0.4, 0.5) is 0 Å². The molecule has 0 N–H and O–H groups in total. The second-order valence-corrected chi connectivity index (χ2v) is 3.50. The maximum Gasteiger partial charge on any atom is 0.252 e. The number of hydrogen-bond donors (Lipinski definition) is 0. The zero-order valence-electron chi connectivity index (χ0n) is 8.95. The van der Waals surface area contributed by atoms with Crippen LogP contribution in [0.15, 0.2) is 29.0 Å². The molecule has 0 bridgehead atoms. The molecule has 0 saturated heterocycles. The number of fused-ring (bicyclic) bond motifs is 1. The summed E-state index contributed by atoms with van der Waals surface area (Å²) in [6, 6.07) is 7.46. The van der Waals surface area contributed by atoms with Crippen LogP contribution in [0.25, 0.3) is 22.5 Å². The predicted molar refractivity (Wildman–Crippen MR) is 58.7 cm³/mol. The van der Waals surface area contributed by atoms with Gasteiger partial charge in [0.25, 0.3) is 5.82 Å². The number of oxazole rings is 1. The molecule has 0 aliphatic heterocycles. The van der Waals surface area contributed by atoms with Gasteiger partial charge in [-0.15, -0.1) is 5.10 Å². The van der Waals surface area contributed by atoms with E-state index in [4.69, 9.17) is 9.68 Å². The second-order valence-electron chi connectivity index (χ2n) is 3.50. The summed E-state index contributed by atoms with van der Waals surface area (Å²) in [7, 11) is 1.74. The van der Waals surface area contributed by atoms with Gasteiger partial charge in [-0.05, 0) is 12.1 Å². The van der Waals surface area contributed by atoms with Crippen LogP contribution in [-0.2, 0) is 7.05 Å². The van der Waals surface area contributed by atoms with E-state index in [1.54, 1.807) is 11.7 Å². The summed E-state index contributed by atoms with van der Waals surface area (Å²) in [5, 5.41) is 12.8. The molecule has 0 aliphatic carbocycles. The van der Waals surface area contributed by atoms with Crippen molar-refractivity contribution in [2.24, 2.45) is 7.05 Å². The van der Waals surface area contributed by atoms with Crippen LogP contribution in [-0.4, -0.2) is 19.7 Å². The predicted octanol–water partition coefficient (Wildman–Crippen LogP) is 1.49. The van der Waals surface area contributed by atoms with Crippen LogP contribution in [0.5, 0.6) is 0 Å². The van der Waals surface area contributed by atoms with E-state index in [9.17, 15) is 0 Å². The number of rotatable bonds is 1. The zero-order chi connectivity index (χ0) is 11.8. The van der Waals surface area contributed by atoms with Crippen LogP contribution >= 0.6 is 0 Å². The Morgan fingerprint density at radius 1 is 1.41 bits per heavy atom. The summed E-state index contributed by atoms with van der Waals surface area (Å²) in [5.41, 5.74) is 2.20. The van der Waals surface area contributed by atoms with E-state index in [2.05, 4.69) is 15.1 Å². The normalized spacial score (nSPS) is 10.6. The van der Waals surface area contributed by atoms with Crippen LogP contribution < -0.4 is 0 Å². The molecular formula is C11H7N5O. The highest BCUT2D eigenvalue weighted by molar-refractivity contribution is 5.88. The fourth-order valence-corrected chi connectivity index (χ4v) is 1.73. The third-order valence-electron chi connectivity index (χ3n) is 2.46. The summed E-state index contributed by atoms with van der Waals surface area (Å²) in [6.45, 7) is 0. The molecule has 82 valence electrons. The third-order valence-corrected chi connectivity index (χ3v) is 2.46. The van der Waals surface area contributed by atoms with Crippen LogP contribution in [0.2, 0.25) is 0 Å². The first kappa shape index (κ1) is 9.54. The van der Waals surface area contributed by atoms with Crippen molar-refractivity contribution in [1.82, 2.24) is 19.7 Å². The fourth-order valence-electron chi connectivity index (χ4n) is 1.73. The SMILES string of the molecule is Cn1nc(C#N)nc1-c1cccc2ocnc12. The minimum Gasteiger partial charge on any atom is -0.443 e. The molecule has 0 radical (unpaired) electrons. The fraction of sp³-hybridized carbons (Fsp3) is 0.0909. The highest BCUT2D eigenvalue weighted by Crippen LogP contribution is 2.25.